The van der Waals surface area contributed by atoms with E-state index >= 15 is 0 Å². The van der Waals surface area contributed by atoms with Crippen LogP contribution in [0.15, 0.2) is 28.7 Å². The second-order valence-corrected chi connectivity index (χ2v) is 6.76. The zero-order valence-electron chi connectivity index (χ0n) is 13.4. The van der Waals surface area contributed by atoms with Gasteiger partial charge in [0, 0.05) is 10.9 Å². The summed E-state index contributed by atoms with van der Waals surface area (Å²) in [6, 6.07) is 6.41. The van der Waals surface area contributed by atoms with Crippen molar-refractivity contribution in [2.24, 2.45) is 0 Å². The van der Waals surface area contributed by atoms with Crippen molar-refractivity contribution >= 4 is 28.0 Å². The number of alkyl carbamates (subject to hydrolysis) is 1. The van der Waals surface area contributed by atoms with Gasteiger partial charge >= 0.3 is 12.1 Å². The fourth-order valence-corrected chi connectivity index (χ4v) is 1.86. The normalized spacial score (nSPS) is 12.0. The number of ether oxygens (including phenoxy) is 2. The average molecular weight is 382 g/mol. The van der Waals surface area contributed by atoms with Crippen LogP contribution in [0.1, 0.15) is 32.8 Å². The SMILES string of the molecule is C#CCC(NC(=O)OC(C)(C)C)C(=O)OCc1ccc(Br)cc1. The molecule has 1 aromatic rings. The number of hydrogen-bond donors (Lipinski definition) is 1. The molecular weight excluding hydrogens is 362 g/mol. The molecule has 0 aliphatic carbocycles. The van der Waals surface area contributed by atoms with Gasteiger partial charge in [0.25, 0.3) is 0 Å². The topological polar surface area (TPSA) is 64.6 Å². The molecule has 1 unspecified atom stereocenters. The van der Waals surface area contributed by atoms with Crippen LogP contribution in [0.3, 0.4) is 0 Å². The Bertz CT molecular complexity index is 584. The number of nitrogens with one attached hydrogen (secondary N) is 1. The summed E-state index contributed by atoms with van der Waals surface area (Å²) in [4.78, 5) is 23.8. The van der Waals surface area contributed by atoms with Gasteiger partial charge < -0.3 is 14.8 Å². The molecule has 5 nitrogen and oxygen atoms in total. The number of carbonyl (C=O) groups is 2. The minimum Gasteiger partial charge on any atom is -0.459 e. The van der Waals surface area contributed by atoms with Crippen molar-refractivity contribution in [3.63, 3.8) is 0 Å². The molecule has 124 valence electrons. The van der Waals surface area contributed by atoms with Crippen molar-refractivity contribution < 1.29 is 19.1 Å². The van der Waals surface area contributed by atoms with Gasteiger partial charge in [0.2, 0.25) is 0 Å². The van der Waals surface area contributed by atoms with Crippen LogP contribution in [-0.2, 0) is 20.9 Å². The summed E-state index contributed by atoms with van der Waals surface area (Å²) in [5.41, 5.74) is 0.171. The Morgan fingerprint density at radius 1 is 1.30 bits per heavy atom. The summed E-state index contributed by atoms with van der Waals surface area (Å²) < 4.78 is 11.2. The van der Waals surface area contributed by atoms with Gasteiger partial charge in [0.15, 0.2) is 0 Å². The summed E-state index contributed by atoms with van der Waals surface area (Å²) in [5.74, 6) is 1.74. The van der Waals surface area contributed by atoms with E-state index in [9.17, 15) is 9.59 Å². The van der Waals surface area contributed by atoms with E-state index in [-0.39, 0.29) is 13.0 Å². The van der Waals surface area contributed by atoms with Crippen LogP contribution in [0.4, 0.5) is 4.79 Å². The third kappa shape index (κ3) is 7.71. The van der Waals surface area contributed by atoms with E-state index in [1.165, 1.54) is 0 Å². The molecule has 1 amide bonds. The van der Waals surface area contributed by atoms with Crippen molar-refractivity contribution in [1.82, 2.24) is 5.32 Å². The van der Waals surface area contributed by atoms with Gasteiger partial charge in [-0.2, -0.15) is 0 Å². The molecule has 0 fully saturated rings. The summed E-state index contributed by atoms with van der Waals surface area (Å²) >= 11 is 3.33. The Kier molecular flexibility index (Phi) is 7.11. The predicted octanol–water partition coefficient (Wildman–Crippen LogP) is 3.41. The lowest BCUT2D eigenvalue weighted by Crippen LogP contribution is -2.44. The van der Waals surface area contributed by atoms with Crippen molar-refractivity contribution in [1.29, 1.82) is 0 Å². The number of amides is 1. The molecular formula is C17H20BrNO4. The molecule has 0 aliphatic heterocycles. The maximum absolute atomic E-state index is 12.1. The highest BCUT2D eigenvalue weighted by atomic mass is 79.9. The van der Waals surface area contributed by atoms with Crippen LogP contribution < -0.4 is 5.32 Å². The van der Waals surface area contributed by atoms with E-state index in [1.54, 1.807) is 20.8 Å². The molecule has 0 saturated carbocycles. The minimum atomic E-state index is -0.940. The first-order valence-corrected chi connectivity index (χ1v) is 7.84. The summed E-state index contributed by atoms with van der Waals surface area (Å²) in [6.45, 7) is 5.29. The maximum atomic E-state index is 12.1. The second kappa shape index (κ2) is 8.59. The Morgan fingerprint density at radius 3 is 2.43 bits per heavy atom. The molecule has 1 rings (SSSR count). The molecule has 1 N–H and O–H groups in total. The Labute approximate surface area is 144 Å². The first kappa shape index (κ1) is 19.0. The summed E-state index contributed by atoms with van der Waals surface area (Å²) in [7, 11) is 0. The number of benzene rings is 1. The number of hydrogen-bond acceptors (Lipinski definition) is 4. The van der Waals surface area contributed by atoms with E-state index in [1.807, 2.05) is 24.3 Å². The zero-order chi connectivity index (χ0) is 17.5. The third-order valence-electron chi connectivity index (χ3n) is 2.59. The first-order chi connectivity index (χ1) is 10.7. The zero-order valence-corrected chi connectivity index (χ0v) is 15.0. The quantitative estimate of drug-likeness (QED) is 0.626. The lowest BCUT2D eigenvalue weighted by Gasteiger charge is -2.22. The van der Waals surface area contributed by atoms with E-state index < -0.39 is 23.7 Å². The van der Waals surface area contributed by atoms with Crippen molar-refractivity contribution in [2.75, 3.05) is 0 Å². The standard InChI is InChI=1S/C17H20BrNO4/c1-5-6-14(19-16(21)23-17(2,3)4)15(20)22-11-12-7-9-13(18)10-8-12/h1,7-10,14H,6,11H2,2-4H3,(H,19,21). The van der Waals surface area contributed by atoms with Gasteiger partial charge in [-0.05, 0) is 38.5 Å². The fraction of sp³-hybridized carbons (Fsp3) is 0.412. The number of rotatable bonds is 5. The molecule has 0 spiro atoms. The van der Waals surface area contributed by atoms with E-state index in [4.69, 9.17) is 15.9 Å². The predicted molar refractivity (Wildman–Crippen MR) is 90.5 cm³/mol. The molecule has 6 heteroatoms. The molecule has 23 heavy (non-hydrogen) atoms. The lowest BCUT2D eigenvalue weighted by molar-refractivity contribution is -0.147. The smallest absolute Gasteiger partial charge is 0.408 e. The van der Waals surface area contributed by atoms with Crippen LogP contribution in [0.25, 0.3) is 0 Å². The van der Waals surface area contributed by atoms with Crippen LogP contribution in [0.2, 0.25) is 0 Å². The largest absolute Gasteiger partial charge is 0.459 e. The Morgan fingerprint density at radius 2 is 1.91 bits per heavy atom. The molecule has 0 aromatic heterocycles. The van der Waals surface area contributed by atoms with Gasteiger partial charge in [0.05, 0.1) is 0 Å². The number of terminal acetylenes is 1. The molecule has 1 atom stereocenters. The van der Waals surface area contributed by atoms with Crippen LogP contribution >= 0.6 is 15.9 Å². The molecule has 0 heterocycles. The average Bonchev–Trinajstić information content (AvgIpc) is 2.44. The summed E-state index contributed by atoms with van der Waals surface area (Å²) in [5, 5.41) is 2.43. The highest BCUT2D eigenvalue weighted by Gasteiger charge is 2.24. The third-order valence-corrected chi connectivity index (χ3v) is 3.12. The molecule has 0 aliphatic rings. The van der Waals surface area contributed by atoms with E-state index in [2.05, 4.69) is 27.2 Å². The van der Waals surface area contributed by atoms with E-state index in [0.717, 1.165) is 10.0 Å². The lowest BCUT2D eigenvalue weighted by atomic mass is 10.2. The van der Waals surface area contributed by atoms with Crippen LogP contribution in [0.5, 0.6) is 0 Å². The van der Waals surface area contributed by atoms with Gasteiger partial charge in [-0.3, -0.25) is 0 Å². The second-order valence-electron chi connectivity index (χ2n) is 5.84. The number of carbonyl (C=O) groups excluding carboxylic acids is 2. The fourth-order valence-electron chi connectivity index (χ4n) is 1.60. The highest BCUT2D eigenvalue weighted by Crippen LogP contribution is 2.12. The van der Waals surface area contributed by atoms with Gasteiger partial charge in [-0.25, -0.2) is 9.59 Å². The molecule has 1 aromatic carbocycles. The Balaban J connectivity index is 2.58. The minimum absolute atomic E-state index is 0.0262. The van der Waals surface area contributed by atoms with Crippen LogP contribution in [0, 0.1) is 12.3 Å². The molecule has 0 saturated heterocycles. The monoisotopic (exact) mass is 381 g/mol. The van der Waals surface area contributed by atoms with Crippen LogP contribution in [-0.4, -0.2) is 23.7 Å². The van der Waals surface area contributed by atoms with Gasteiger partial charge in [-0.1, -0.05) is 28.1 Å². The first-order valence-electron chi connectivity index (χ1n) is 7.05. The number of esters is 1. The summed E-state index contributed by atoms with van der Waals surface area (Å²) in [6.07, 6.45) is 4.56. The Hall–Kier alpha value is -2.00. The van der Waals surface area contributed by atoms with Crippen molar-refractivity contribution in [2.45, 2.75) is 45.4 Å². The molecule has 0 bridgehead atoms. The molecule has 0 radical (unpaired) electrons. The van der Waals surface area contributed by atoms with Crippen molar-refractivity contribution in [3.8, 4) is 12.3 Å². The van der Waals surface area contributed by atoms with Gasteiger partial charge in [0.1, 0.15) is 18.2 Å². The van der Waals surface area contributed by atoms with Gasteiger partial charge in [-0.15, -0.1) is 12.3 Å². The maximum Gasteiger partial charge on any atom is 0.408 e. The van der Waals surface area contributed by atoms with Crippen molar-refractivity contribution in [3.05, 3.63) is 34.3 Å². The highest BCUT2D eigenvalue weighted by molar-refractivity contribution is 9.10. The van der Waals surface area contributed by atoms with E-state index in [0.29, 0.717) is 0 Å². The number of halogens is 1.